The van der Waals surface area contributed by atoms with E-state index in [9.17, 15) is 5.11 Å². The largest absolute Gasteiger partial charge is 0.506 e. The van der Waals surface area contributed by atoms with Crippen molar-refractivity contribution in [1.29, 1.82) is 0 Å². The third-order valence-electron chi connectivity index (χ3n) is 2.80. The lowest BCUT2D eigenvalue weighted by molar-refractivity contribution is 0.454. The average molecular weight is 311 g/mol. The quantitative estimate of drug-likeness (QED) is 0.908. The number of hydrogen-bond acceptors (Lipinski definition) is 4. The first-order valence-corrected chi connectivity index (χ1v) is 6.42. The van der Waals surface area contributed by atoms with Crippen molar-refractivity contribution in [3.8, 4) is 5.75 Å². The molecule has 0 aliphatic carbocycles. The van der Waals surface area contributed by atoms with E-state index in [2.05, 4.69) is 31.4 Å². The van der Waals surface area contributed by atoms with Crippen LogP contribution in [0.5, 0.6) is 5.75 Å². The zero-order valence-electron chi connectivity index (χ0n) is 10.3. The van der Waals surface area contributed by atoms with Crippen LogP contribution < -0.4 is 5.32 Å². The summed E-state index contributed by atoms with van der Waals surface area (Å²) in [4.78, 5) is 0. The van der Waals surface area contributed by atoms with Gasteiger partial charge in [-0.1, -0.05) is 12.1 Å². The van der Waals surface area contributed by atoms with Crippen molar-refractivity contribution in [3.05, 3.63) is 40.4 Å². The number of aryl methyl sites for hydroxylation is 1. The van der Waals surface area contributed by atoms with Crippen molar-refractivity contribution >= 4 is 15.9 Å². The van der Waals surface area contributed by atoms with Gasteiger partial charge in [0.25, 0.3) is 0 Å². The van der Waals surface area contributed by atoms with Gasteiger partial charge in [-0.2, -0.15) is 0 Å². The summed E-state index contributed by atoms with van der Waals surface area (Å²) in [5, 5.41) is 21.1. The van der Waals surface area contributed by atoms with E-state index in [1.165, 1.54) is 0 Å². The molecule has 18 heavy (non-hydrogen) atoms. The normalized spacial score (nSPS) is 12.6. The van der Waals surface area contributed by atoms with Crippen LogP contribution in [0.25, 0.3) is 0 Å². The average Bonchev–Trinajstić information content (AvgIpc) is 2.77. The standard InChI is InChI=1S/C12H15BrN4O/c1-8(12-16-15-7-17(12)2)14-6-9-4-3-5-10(13)11(9)18/h3-5,7-8,14,18H,6H2,1-2H3. The van der Waals surface area contributed by atoms with E-state index >= 15 is 0 Å². The first kappa shape index (κ1) is 13.0. The van der Waals surface area contributed by atoms with Crippen LogP contribution in [0.2, 0.25) is 0 Å². The molecule has 5 nitrogen and oxygen atoms in total. The van der Waals surface area contributed by atoms with Crippen molar-refractivity contribution < 1.29 is 5.11 Å². The Morgan fingerprint density at radius 1 is 1.50 bits per heavy atom. The third-order valence-corrected chi connectivity index (χ3v) is 3.44. The number of aromatic hydroxyl groups is 1. The molecule has 0 aliphatic heterocycles. The van der Waals surface area contributed by atoms with Crippen LogP contribution in [0.4, 0.5) is 0 Å². The van der Waals surface area contributed by atoms with Crippen LogP contribution in [-0.4, -0.2) is 19.9 Å². The number of halogens is 1. The Labute approximate surface area is 114 Å². The Kier molecular flexibility index (Phi) is 3.98. The van der Waals surface area contributed by atoms with Gasteiger partial charge in [-0.25, -0.2) is 0 Å². The monoisotopic (exact) mass is 310 g/mol. The molecule has 6 heteroatoms. The molecule has 96 valence electrons. The van der Waals surface area contributed by atoms with Crippen LogP contribution >= 0.6 is 15.9 Å². The zero-order chi connectivity index (χ0) is 13.1. The van der Waals surface area contributed by atoms with E-state index < -0.39 is 0 Å². The van der Waals surface area contributed by atoms with E-state index in [4.69, 9.17) is 0 Å². The fraction of sp³-hybridized carbons (Fsp3) is 0.333. The van der Waals surface area contributed by atoms with Crippen molar-refractivity contribution in [1.82, 2.24) is 20.1 Å². The minimum atomic E-state index is 0.0656. The Balaban J connectivity index is 2.04. The molecular weight excluding hydrogens is 296 g/mol. The fourth-order valence-corrected chi connectivity index (χ4v) is 2.15. The van der Waals surface area contributed by atoms with Crippen molar-refractivity contribution in [2.75, 3.05) is 0 Å². The number of rotatable bonds is 4. The predicted molar refractivity (Wildman–Crippen MR) is 72.1 cm³/mol. The molecule has 1 aromatic heterocycles. The Morgan fingerprint density at radius 2 is 2.28 bits per heavy atom. The van der Waals surface area contributed by atoms with Crippen LogP contribution in [0.1, 0.15) is 24.4 Å². The van der Waals surface area contributed by atoms with Crippen molar-refractivity contribution in [3.63, 3.8) is 0 Å². The Bertz CT molecular complexity index is 541. The Hall–Kier alpha value is -1.40. The van der Waals surface area contributed by atoms with E-state index in [0.29, 0.717) is 11.0 Å². The van der Waals surface area contributed by atoms with Gasteiger partial charge in [-0.15, -0.1) is 10.2 Å². The molecule has 0 bridgehead atoms. The summed E-state index contributed by atoms with van der Waals surface area (Å²) in [6.07, 6.45) is 1.67. The smallest absolute Gasteiger partial charge is 0.149 e. The van der Waals surface area contributed by atoms with E-state index in [1.807, 2.05) is 36.7 Å². The Morgan fingerprint density at radius 3 is 2.94 bits per heavy atom. The highest BCUT2D eigenvalue weighted by molar-refractivity contribution is 9.10. The molecular formula is C12H15BrN4O. The number of phenolic OH excluding ortho intramolecular Hbond substituents is 1. The summed E-state index contributed by atoms with van der Waals surface area (Å²) in [5.41, 5.74) is 0.846. The first-order valence-electron chi connectivity index (χ1n) is 5.63. The molecule has 2 N–H and O–H groups in total. The minimum Gasteiger partial charge on any atom is -0.506 e. The zero-order valence-corrected chi connectivity index (χ0v) is 11.8. The lowest BCUT2D eigenvalue weighted by Gasteiger charge is -2.14. The number of aromatic nitrogens is 3. The maximum atomic E-state index is 9.88. The summed E-state index contributed by atoms with van der Waals surface area (Å²) >= 11 is 3.30. The van der Waals surface area contributed by atoms with Gasteiger partial charge in [0.1, 0.15) is 17.9 Å². The minimum absolute atomic E-state index is 0.0656. The molecule has 0 aliphatic rings. The van der Waals surface area contributed by atoms with Crippen molar-refractivity contribution in [2.45, 2.75) is 19.5 Å². The lowest BCUT2D eigenvalue weighted by atomic mass is 10.2. The van der Waals surface area contributed by atoms with Gasteiger partial charge in [-0.05, 0) is 28.9 Å². The highest BCUT2D eigenvalue weighted by Gasteiger charge is 2.12. The van der Waals surface area contributed by atoms with Gasteiger partial charge in [0.05, 0.1) is 10.5 Å². The maximum absolute atomic E-state index is 9.88. The maximum Gasteiger partial charge on any atom is 0.149 e. The molecule has 0 saturated heterocycles. The highest BCUT2D eigenvalue weighted by atomic mass is 79.9. The predicted octanol–water partition coefficient (Wildman–Crippen LogP) is 2.13. The molecule has 1 aromatic carbocycles. The summed E-state index contributed by atoms with van der Waals surface area (Å²) in [6.45, 7) is 2.58. The highest BCUT2D eigenvalue weighted by Crippen LogP contribution is 2.27. The summed E-state index contributed by atoms with van der Waals surface area (Å²) in [6, 6.07) is 5.66. The van der Waals surface area contributed by atoms with E-state index in [-0.39, 0.29) is 11.8 Å². The topological polar surface area (TPSA) is 63.0 Å². The molecule has 0 spiro atoms. The van der Waals surface area contributed by atoms with Crippen LogP contribution in [0, 0.1) is 0 Å². The van der Waals surface area contributed by atoms with Gasteiger partial charge in [0.15, 0.2) is 0 Å². The summed E-state index contributed by atoms with van der Waals surface area (Å²) in [5.74, 6) is 1.14. The van der Waals surface area contributed by atoms with Crippen LogP contribution in [0.15, 0.2) is 29.0 Å². The van der Waals surface area contributed by atoms with Gasteiger partial charge >= 0.3 is 0 Å². The van der Waals surface area contributed by atoms with Crippen LogP contribution in [-0.2, 0) is 13.6 Å². The van der Waals surface area contributed by atoms with Crippen LogP contribution in [0.3, 0.4) is 0 Å². The second kappa shape index (κ2) is 5.49. The second-order valence-electron chi connectivity index (χ2n) is 4.15. The molecule has 1 atom stereocenters. The SMILES string of the molecule is CC(NCc1cccc(Br)c1O)c1nncn1C. The summed E-state index contributed by atoms with van der Waals surface area (Å²) < 4.78 is 2.58. The number of phenols is 1. The number of nitrogens with zero attached hydrogens (tertiary/aromatic N) is 3. The molecule has 0 saturated carbocycles. The molecule has 0 radical (unpaired) electrons. The number of nitrogens with one attached hydrogen (secondary N) is 1. The van der Waals surface area contributed by atoms with Gasteiger partial charge < -0.3 is 15.0 Å². The van der Waals surface area contributed by atoms with Gasteiger partial charge in [-0.3, -0.25) is 0 Å². The molecule has 2 rings (SSSR count). The molecule has 2 aromatic rings. The van der Waals surface area contributed by atoms with E-state index in [1.54, 1.807) is 6.33 Å². The van der Waals surface area contributed by atoms with Gasteiger partial charge in [0, 0.05) is 19.2 Å². The van der Waals surface area contributed by atoms with E-state index in [0.717, 1.165) is 11.4 Å². The molecule has 1 unspecified atom stereocenters. The first-order chi connectivity index (χ1) is 8.59. The fourth-order valence-electron chi connectivity index (χ4n) is 1.74. The molecule has 0 fully saturated rings. The molecule has 0 amide bonds. The molecule has 1 heterocycles. The van der Waals surface area contributed by atoms with Crippen molar-refractivity contribution in [2.24, 2.45) is 7.05 Å². The number of hydrogen-bond donors (Lipinski definition) is 2. The van der Waals surface area contributed by atoms with Gasteiger partial charge in [0.2, 0.25) is 0 Å². The lowest BCUT2D eigenvalue weighted by Crippen LogP contribution is -2.21. The second-order valence-corrected chi connectivity index (χ2v) is 5.00. The third kappa shape index (κ3) is 2.70. The number of para-hydroxylation sites is 1. The summed E-state index contributed by atoms with van der Waals surface area (Å²) in [7, 11) is 1.91. The number of benzene rings is 1.